The van der Waals surface area contributed by atoms with Gasteiger partial charge in [-0.3, -0.25) is 19.7 Å². The minimum atomic E-state index is -0.739. The number of amides is 1. The number of hydrogen-bond acceptors (Lipinski definition) is 7. The van der Waals surface area contributed by atoms with E-state index in [9.17, 15) is 24.5 Å². The normalized spacial score (nSPS) is 16.0. The summed E-state index contributed by atoms with van der Waals surface area (Å²) in [6, 6.07) is 6.40. The van der Waals surface area contributed by atoms with Crippen LogP contribution >= 0.6 is 0 Å². The first-order valence-electron chi connectivity index (χ1n) is 11.1. The number of methoxy groups -OCH3 is 1. The van der Waals surface area contributed by atoms with Crippen LogP contribution in [0.3, 0.4) is 0 Å². The van der Waals surface area contributed by atoms with Crippen LogP contribution in [0.4, 0.5) is 5.69 Å². The standard InChI is InChI=1S/C15H14N2O4.C9H17NO3/c1-8-12(15(18)21-3)13(14-9(2)16(8)14)10-5-4-6-11(7-10)17(19)20;10-8(11)6-4-2-1-3-5-7-9(12)13/h4-7,13H,1-3H3;1-7H2,(H2,10,11)(H,12,13). The SMILES string of the molecule is COC(=O)C1=C(C)N2C(C)=C2C1c1cccc([N+](=O)[O-])c1.NC(=O)CCCCCCCC(=O)O. The van der Waals surface area contributed by atoms with Gasteiger partial charge in [0, 0.05) is 36.4 Å². The summed E-state index contributed by atoms with van der Waals surface area (Å²) in [5, 5.41) is 19.3. The molecule has 0 aliphatic carbocycles. The largest absolute Gasteiger partial charge is 0.481 e. The number of primary amides is 1. The van der Waals surface area contributed by atoms with Crippen molar-refractivity contribution in [3.8, 4) is 0 Å². The smallest absolute Gasteiger partial charge is 0.336 e. The molecule has 0 radical (unpaired) electrons. The Hall–Kier alpha value is -3.69. The fourth-order valence-corrected chi connectivity index (χ4v) is 4.13. The molecule has 0 saturated carbocycles. The number of allylic oxidation sites excluding steroid dienone is 3. The van der Waals surface area contributed by atoms with Crippen LogP contribution in [0, 0.1) is 10.1 Å². The highest BCUT2D eigenvalue weighted by atomic mass is 16.6. The van der Waals surface area contributed by atoms with Crippen molar-refractivity contribution in [3.05, 3.63) is 62.6 Å². The Balaban J connectivity index is 0.000000273. The zero-order valence-corrected chi connectivity index (χ0v) is 19.7. The number of carbonyl (C=O) groups excluding carboxylic acids is 2. The maximum Gasteiger partial charge on any atom is 0.336 e. The summed E-state index contributed by atoms with van der Waals surface area (Å²) in [6.45, 7) is 3.83. The highest BCUT2D eigenvalue weighted by Crippen LogP contribution is 2.56. The number of nitro benzene ring substituents is 1. The molecule has 2 aliphatic rings. The van der Waals surface area contributed by atoms with Crippen LogP contribution in [-0.4, -0.2) is 39.9 Å². The van der Waals surface area contributed by atoms with Crippen molar-refractivity contribution >= 4 is 23.5 Å². The van der Waals surface area contributed by atoms with Crippen LogP contribution in [0.25, 0.3) is 0 Å². The first-order valence-corrected chi connectivity index (χ1v) is 11.1. The lowest BCUT2D eigenvalue weighted by Gasteiger charge is -2.13. The molecular formula is C24H31N3O7. The number of non-ortho nitro benzene ring substituents is 1. The minimum Gasteiger partial charge on any atom is -0.481 e. The Morgan fingerprint density at radius 1 is 1.09 bits per heavy atom. The summed E-state index contributed by atoms with van der Waals surface area (Å²) in [4.78, 5) is 45.0. The summed E-state index contributed by atoms with van der Waals surface area (Å²) in [5.41, 5.74) is 9.22. The van der Waals surface area contributed by atoms with Gasteiger partial charge in [-0.15, -0.1) is 0 Å². The van der Waals surface area contributed by atoms with Crippen molar-refractivity contribution in [1.29, 1.82) is 0 Å². The second-order valence-corrected chi connectivity index (χ2v) is 8.21. The van der Waals surface area contributed by atoms with E-state index in [1.54, 1.807) is 12.1 Å². The van der Waals surface area contributed by atoms with E-state index in [2.05, 4.69) is 0 Å². The molecule has 10 heteroatoms. The fourth-order valence-electron chi connectivity index (χ4n) is 4.13. The highest BCUT2D eigenvalue weighted by molar-refractivity contribution is 5.94. The lowest BCUT2D eigenvalue weighted by atomic mass is 9.90. The fraction of sp³-hybridized carbons (Fsp3) is 0.458. The van der Waals surface area contributed by atoms with Crippen molar-refractivity contribution in [2.75, 3.05) is 7.11 Å². The number of hydrogen-bond donors (Lipinski definition) is 2. The van der Waals surface area contributed by atoms with E-state index in [0.29, 0.717) is 12.0 Å². The molecule has 1 atom stereocenters. The van der Waals surface area contributed by atoms with E-state index >= 15 is 0 Å². The van der Waals surface area contributed by atoms with Gasteiger partial charge in [-0.2, -0.15) is 0 Å². The molecule has 1 aromatic carbocycles. The van der Waals surface area contributed by atoms with Gasteiger partial charge in [0.2, 0.25) is 5.91 Å². The van der Waals surface area contributed by atoms with Gasteiger partial charge in [0.25, 0.3) is 5.69 Å². The summed E-state index contributed by atoms with van der Waals surface area (Å²) in [7, 11) is 1.34. The van der Waals surface area contributed by atoms with Crippen LogP contribution < -0.4 is 5.73 Å². The Bertz CT molecular complexity index is 1010. The zero-order chi connectivity index (χ0) is 25.4. The molecule has 0 bridgehead atoms. The quantitative estimate of drug-likeness (QED) is 0.212. The molecule has 0 saturated heterocycles. The number of rotatable bonds is 11. The van der Waals surface area contributed by atoms with Gasteiger partial charge in [0.1, 0.15) is 0 Å². The molecule has 184 valence electrons. The molecule has 3 N–H and O–H groups in total. The second kappa shape index (κ2) is 12.0. The van der Waals surface area contributed by atoms with Crippen molar-refractivity contribution in [2.45, 2.75) is 64.7 Å². The number of nitro groups is 1. The molecule has 0 spiro atoms. The number of nitrogens with zero attached hydrogens (tertiary/aromatic N) is 2. The number of benzene rings is 1. The third kappa shape index (κ3) is 6.66. The molecular weight excluding hydrogens is 442 g/mol. The van der Waals surface area contributed by atoms with Gasteiger partial charge in [0.05, 0.1) is 29.2 Å². The van der Waals surface area contributed by atoms with Gasteiger partial charge in [-0.05, 0) is 32.3 Å². The van der Waals surface area contributed by atoms with Gasteiger partial charge in [-0.1, -0.05) is 31.4 Å². The highest BCUT2D eigenvalue weighted by Gasteiger charge is 2.49. The van der Waals surface area contributed by atoms with Crippen molar-refractivity contribution < 1.29 is 29.2 Å². The molecule has 3 rings (SSSR count). The first-order chi connectivity index (χ1) is 16.1. The van der Waals surface area contributed by atoms with Crippen LogP contribution in [0.5, 0.6) is 0 Å². The summed E-state index contributed by atoms with van der Waals surface area (Å²) in [6.07, 6.45) is 5.11. The zero-order valence-electron chi connectivity index (χ0n) is 19.7. The molecule has 1 amide bonds. The van der Waals surface area contributed by atoms with Gasteiger partial charge >= 0.3 is 11.9 Å². The predicted molar refractivity (Wildman–Crippen MR) is 124 cm³/mol. The third-order valence-electron chi connectivity index (χ3n) is 5.82. The molecule has 34 heavy (non-hydrogen) atoms. The lowest BCUT2D eigenvalue weighted by molar-refractivity contribution is -0.384. The topological polar surface area (TPSA) is 153 Å². The Morgan fingerprint density at radius 2 is 1.71 bits per heavy atom. The second-order valence-electron chi connectivity index (χ2n) is 8.21. The average Bonchev–Trinajstić information content (AvgIpc) is 3.34. The Kier molecular flexibility index (Phi) is 9.35. The third-order valence-corrected chi connectivity index (χ3v) is 5.82. The number of ether oxygens (including phenoxy) is 1. The first kappa shape index (κ1) is 26.6. The van der Waals surface area contributed by atoms with E-state index < -0.39 is 16.9 Å². The number of nitrogens with two attached hydrogens (primary N) is 1. The molecule has 0 fully saturated rings. The van der Waals surface area contributed by atoms with Gasteiger partial charge in [0.15, 0.2) is 0 Å². The minimum absolute atomic E-state index is 0.0201. The molecule has 2 aliphatic heterocycles. The number of fused-ring (bicyclic) bond motifs is 1. The van der Waals surface area contributed by atoms with Crippen molar-refractivity contribution in [3.63, 3.8) is 0 Å². The summed E-state index contributed by atoms with van der Waals surface area (Å²) < 4.78 is 4.86. The van der Waals surface area contributed by atoms with Crippen LogP contribution in [0.1, 0.15) is 70.3 Å². The number of carboxylic acids is 1. The lowest BCUT2D eigenvalue weighted by Crippen LogP contribution is -2.12. The monoisotopic (exact) mass is 473 g/mol. The summed E-state index contributed by atoms with van der Waals surface area (Å²) >= 11 is 0. The Labute approximate surface area is 198 Å². The number of carbonyl (C=O) groups is 3. The van der Waals surface area contributed by atoms with Crippen LogP contribution in [-0.2, 0) is 19.1 Å². The van der Waals surface area contributed by atoms with Gasteiger partial charge in [-0.25, -0.2) is 4.79 Å². The number of aliphatic carboxylic acids is 1. The number of carboxylic acid groups (broad SMARTS) is 1. The maximum atomic E-state index is 12.0. The number of esters is 1. The van der Waals surface area contributed by atoms with E-state index in [4.69, 9.17) is 15.6 Å². The summed E-state index contributed by atoms with van der Waals surface area (Å²) in [5.74, 6) is -1.67. The molecule has 1 aromatic rings. The van der Waals surface area contributed by atoms with E-state index in [0.717, 1.165) is 54.8 Å². The van der Waals surface area contributed by atoms with E-state index in [1.165, 1.54) is 19.2 Å². The average molecular weight is 474 g/mol. The Morgan fingerprint density at radius 3 is 2.26 bits per heavy atom. The molecule has 10 nitrogen and oxygen atoms in total. The predicted octanol–water partition coefficient (Wildman–Crippen LogP) is 3.97. The van der Waals surface area contributed by atoms with Crippen LogP contribution in [0.15, 0.2) is 46.9 Å². The maximum absolute atomic E-state index is 12.0. The van der Waals surface area contributed by atoms with Crippen molar-refractivity contribution in [1.82, 2.24) is 4.90 Å². The van der Waals surface area contributed by atoms with Crippen LogP contribution in [0.2, 0.25) is 0 Å². The number of unbranched alkanes of at least 4 members (excludes halogenated alkanes) is 4. The van der Waals surface area contributed by atoms with Crippen molar-refractivity contribution in [2.24, 2.45) is 5.73 Å². The van der Waals surface area contributed by atoms with Gasteiger partial charge < -0.3 is 20.5 Å². The molecule has 0 aromatic heterocycles. The molecule has 1 unspecified atom stereocenters. The van der Waals surface area contributed by atoms with E-state index in [-0.39, 0.29) is 23.9 Å². The molecule has 2 heterocycles. The van der Waals surface area contributed by atoms with E-state index in [1.807, 2.05) is 18.7 Å².